The highest BCUT2D eigenvalue weighted by atomic mass is 19.1. The van der Waals surface area contributed by atoms with E-state index in [9.17, 15) is 9.18 Å². The molecule has 0 radical (unpaired) electrons. The van der Waals surface area contributed by atoms with Crippen LogP contribution in [0.1, 0.15) is 31.2 Å². The van der Waals surface area contributed by atoms with Crippen LogP contribution in [0.25, 0.3) is 0 Å². The monoisotopic (exact) mass is 265 g/mol. The fraction of sp³-hybridized carbons (Fsp3) is 0.533. The molecule has 0 bridgehead atoms. The van der Waals surface area contributed by atoms with Crippen molar-refractivity contribution in [1.29, 1.82) is 0 Å². The van der Waals surface area contributed by atoms with Crippen molar-refractivity contribution < 1.29 is 14.3 Å². The van der Waals surface area contributed by atoms with Crippen LogP contribution in [-0.4, -0.2) is 35.6 Å². The van der Waals surface area contributed by atoms with E-state index in [1.165, 1.54) is 6.07 Å². The first-order valence-corrected chi connectivity index (χ1v) is 6.77. The number of benzene rings is 1. The van der Waals surface area contributed by atoms with E-state index in [2.05, 4.69) is 0 Å². The van der Waals surface area contributed by atoms with Gasteiger partial charge in [-0.05, 0) is 37.3 Å². The number of aliphatic hydroxyl groups excluding tert-OH is 1. The van der Waals surface area contributed by atoms with E-state index in [4.69, 9.17) is 5.11 Å². The van der Waals surface area contributed by atoms with Gasteiger partial charge >= 0.3 is 0 Å². The number of nitrogens with zero attached hydrogens (tertiary/aromatic N) is 1. The number of likely N-dealkylation sites (tertiary alicyclic amines) is 1. The Morgan fingerprint density at radius 1 is 1.42 bits per heavy atom. The third kappa shape index (κ3) is 3.13. The highest BCUT2D eigenvalue weighted by molar-refractivity contribution is 5.83. The normalized spacial score (nSPS) is 18.4. The molecule has 4 heteroatoms. The summed E-state index contributed by atoms with van der Waals surface area (Å²) in [4.78, 5) is 14.1. The van der Waals surface area contributed by atoms with Crippen molar-refractivity contribution in [2.45, 2.75) is 25.7 Å². The predicted molar refractivity (Wildman–Crippen MR) is 71.2 cm³/mol. The number of amides is 1. The molecule has 3 nitrogen and oxygen atoms in total. The van der Waals surface area contributed by atoms with E-state index >= 15 is 0 Å². The molecule has 19 heavy (non-hydrogen) atoms. The first-order valence-electron chi connectivity index (χ1n) is 6.77. The SMILES string of the molecule is CC(C(=O)N1CCC(CO)CC1)c1ccccc1F. The Morgan fingerprint density at radius 3 is 2.63 bits per heavy atom. The zero-order valence-electron chi connectivity index (χ0n) is 11.2. The van der Waals surface area contributed by atoms with Gasteiger partial charge in [0, 0.05) is 19.7 Å². The van der Waals surface area contributed by atoms with Gasteiger partial charge in [0.2, 0.25) is 5.91 Å². The highest BCUT2D eigenvalue weighted by Gasteiger charge is 2.27. The predicted octanol–water partition coefficient (Wildman–Crippen LogP) is 2.16. The third-order valence-corrected chi connectivity index (χ3v) is 3.93. The van der Waals surface area contributed by atoms with E-state index < -0.39 is 5.92 Å². The Kier molecular flexibility index (Phi) is 4.53. The van der Waals surface area contributed by atoms with E-state index in [1.807, 2.05) is 0 Å². The third-order valence-electron chi connectivity index (χ3n) is 3.93. The van der Waals surface area contributed by atoms with Crippen molar-refractivity contribution in [3.63, 3.8) is 0 Å². The summed E-state index contributed by atoms with van der Waals surface area (Å²) in [7, 11) is 0. The van der Waals surface area contributed by atoms with Crippen LogP contribution in [0.2, 0.25) is 0 Å². The molecule has 1 aliphatic heterocycles. The molecule has 1 aliphatic rings. The minimum absolute atomic E-state index is 0.0264. The van der Waals surface area contributed by atoms with E-state index in [1.54, 1.807) is 30.0 Å². The zero-order valence-corrected chi connectivity index (χ0v) is 11.2. The summed E-state index contributed by atoms with van der Waals surface area (Å²) in [5.74, 6) is -0.505. The second-order valence-corrected chi connectivity index (χ2v) is 5.19. The van der Waals surface area contributed by atoms with E-state index in [-0.39, 0.29) is 18.3 Å². The van der Waals surface area contributed by atoms with Crippen LogP contribution >= 0.6 is 0 Å². The molecule has 1 amide bonds. The lowest BCUT2D eigenvalue weighted by Crippen LogP contribution is -2.41. The van der Waals surface area contributed by atoms with Crippen molar-refractivity contribution >= 4 is 5.91 Å². The summed E-state index contributed by atoms with van der Waals surface area (Å²) < 4.78 is 13.7. The molecule has 1 N–H and O–H groups in total. The number of aliphatic hydroxyl groups is 1. The topological polar surface area (TPSA) is 40.5 Å². The lowest BCUT2D eigenvalue weighted by Gasteiger charge is -2.33. The maximum atomic E-state index is 13.7. The molecular weight excluding hydrogens is 245 g/mol. The van der Waals surface area contributed by atoms with Crippen LogP contribution in [-0.2, 0) is 4.79 Å². The number of hydrogen-bond donors (Lipinski definition) is 1. The van der Waals surface area contributed by atoms with Gasteiger partial charge in [-0.1, -0.05) is 18.2 Å². The second-order valence-electron chi connectivity index (χ2n) is 5.19. The fourth-order valence-corrected chi connectivity index (χ4v) is 2.57. The van der Waals surface area contributed by atoms with Crippen LogP contribution in [0.4, 0.5) is 4.39 Å². The van der Waals surface area contributed by atoms with Gasteiger partial charge in [-0.15, -0.1) is 0 Å². The van der Waals surface area contributed by atoms with Gasteiger partial charge in [0.05, 0.1) is 5.92 Å². The maximum absolute atomic E-state index is 13.7. The minimum atomic E-state index is -0.452. The summed E-state index contributed by atoms with van der Waals surface area (Å²) >= 11 is 0. The Hall–Kier alpha value is -1.42. The molecule has 104 valence electrons. The van der Waals surface area contributed by atoms with E-state index in [0.717, 1.165) is 12.8 Å². The lowest BCUT2D eigenvalue weighted by atomic mass is 9.94. The average molecular weight is 265 g/mol. The molecule has 2 rings (SSSR count). The molecule has 1 aromatic carbocycles. The largest absolute Gasteiger partial charge is 0.396 e. The molecule has 0 spiro atoms. The van der Waals surface area contributed by atoms with Crippen LogP contribution in [0.5, 0.6) is 0 Å². The highest BCUT2D eigenvalue weighted by Crippen LogP contribution is 2.24. The smallest absolute Gasteiger partial charge is 0.229 e. The van der Waals surface area contributed by atoms with Crippen LogP contribution in [0, 0.1) is 11.7 Å². The molecular formula is C15H20FNO2. The molecule has 1 heterocycles. The quantitative estimate of drug-likeness (QED) is 0.910. The fourth-order valence-electron chi connectivity index (χ4n) is 2.57. The minimum Gasteiger partial charge on any atom is -0.396 e. The molecule has 0 aliphatic carbocycles. The summed E-state index contributed by atoms with van der Waals surface area (Å²) in [5.41, 5.74) is 0.455. The van der Waals surface area contributed by atoms with Gasteiger partial charge < -0.3 is 10.0 Å². The number of hydrogen-bond acceptors (Lipinski definition) is 2. The Balaban J connectivity index is 2.02. The molecule has 1 fully saturated rings. The molecule has 1 unspecified atom stereocenters. The summed E-state index contributed by atoms with van der Waals surface area (Å²) in [6.45, 7) is 3.25. The first kappa shape index (κ1) is 14.0. The van der Waals surface area contributed by atoms with Gasteiger partial charge in [0.25, 0.3) is 0 Å². The zero-order chi connectivity index (χ0) is 13.8. The van der Waals surface area contributed by atoms with Gasteiger partial charge in [-0.2, -0.15) is 0 Å². The van der Waals surface area contributed by atoms with Crippen molar-refractivity contribution in [1.82, 2.24) is 4.90 Å². The number of halogens is 1. The second kappa shape index (κ2) is 6.15. The van der Waals surface area contributed by atoms with Crippen molar-refractivity contribution in [2.75, 3.05) is 19.7 Å². The number of rotatable bonds is 3. The van der Waals surface area contributed by atoms with Crippen molar-refractivity contribution in [2.24, 2.45) is 5.92 Å². The van der Waals surface area contributed by atoms with Gasteiger partial charge in [0.15, 0.2) is 0 Å². The van der Waals surface area contributed by atoms with Gasteiger partial charge in [-0.3, -0.25) is 4.79 Å². The summed E-state index contributed by atoms with van der Waals surface area (Å²) in [5, 5.41) is 9.09. The Labute approximate surface area is 113 Å². The first-order chi connectivity index (χ1) is 9.13. The standard InChI is InChI=1S/C15H20FNO2/c1-11(13-4-2-3-5-14(13)16)15(19)17-8-6-12(10-18)7-9-17/h2-5,11-12,18H,6-10H2,1H3. The van der Waals surface area contributed by atoms with Crippen molar-refractivity contribution in [3.05, 3.63) is 35.6 Å². The number of carbonyl (C=O) groups is 1. The number of piperidine rings is 1. The Morgan fingerprint density at radius 2 is 2.05 bits per heavy atom. The lowest BCUT2D eigenvalue weighted by molar-refractivity contribution is -0.134. The molecule has 1 atom stereocenters. The molecule has 0 saturated carbocycles. The van der Waals surface area contributed by atoms with Gasteiger partial charge in [0.1, 0.15) is 5.82 Å². The molecule has 1 aromatic rings. The summed E-state index contributed by atoms with van der Waals surface area (Å²) in [6, 6.07) is 6.43. The molecule has 0 aromatic heterocycles. The number of carbonyl (C=O) groups excluding carboxylic acids is 1. The summed E-state index contributed by atoms with van der Waals surface area (Å²) in [6.07, 6.45) is 1.65. The van der Waals surface area contributed by atoms with Crippen LogP contribution < -0.4 is 0 Å². The van der Waals surface area contributed by atoms with Crippen LogP contribution in [0.3, 0.4) is 0 Å². The van der Waals surface area contributed by atoms with Crippen molar-refractivity contribution in [3.8, 4) is 0 Å². The average Bonchev–Trinajstić information content (AvgIpc) is 2.46. The Bertz CT molecular complexity index is 442. The van der Waals surface area contributed by atoms with Gasteiger partial charge in [-0.25, -0.2) is 4.39 Å². The maximum Gasteiger partial charge on any atom is 0.229 e. The van der Waals surface area contributed by atoms with Crippen LogP contribution in [0.15, 0.2) is 24.3 Å². The molecule has 1 saturated heterocycles. The van der Waals surface area contributed by atoms with E-state index in [0.29, 0.717) is 24.6 Å².